The molecule has 2 aliphatic heterocycles. The van der Waals surface area contributed by atoms with Crippen LogP contribution in [0.15, 0.2) is 36.8 Å². The number of likely N-dealkylation sites (tertiary alicyclic amines) is 1. The Labute approximate surface area is 322 Å². The normalized spacial score (nSPS) is 23.7. The van der Waals surface area contributed by atoms with E-state index in [9.17, 15) is 34.8 Å². The van der Waals surface area contributed by atoms with E-state index in [4.69, 9.17) is 37.4 Å². The first-order chi connectivity index (χ1) is 26.1. The van der Waals surface area contributed by atoms with Crippen LogP contribution in [0.2, 0.25) is 0 Å². The van der Waals surface area contributed by atoms with E-state index in [1.165, 1.54) is 27.9 Å². The van der Waals surface area contributed by atoms with Gasteiger partial charge in [0.1, 0.15) is 49.2 Å². The van der Waals surface area contributed by atoms with Gasteiger partial charge in [-0.1, -0.05) is 13.0 Å². The number of aromatic nitrogens is 3. The van der Waals surface area contributed by atoms with Crippen LogP contribution < -0.4 is 15.4 Å². The number of rotatable bonds is 11. The largest absolute Gasteiger partial charge is 0.479 e. The van der Waals surface area contributed by atoms with Crippen LogP contribution in [0.5, 0.6) is 5.75 Å². The second kappa shape index (κ2) is 17.4. The number of likely N-dealkylation sites (N-methyl/N-ethyl adjacent to an activating group) is 3. The molecule has 7 atom stereocenters. The van der Waals surface area contributed by atoms with Gasteiger partial charge in [-0.3, -0.25) is 9.36 Å². The van der Waals surface area contributed by atoms with Crippen molar-refractivity contribution in [3.05, 3.63) is 42.4 Å². The number of carboxylic acid groups (broad SMARTS) is 1. The van der Waals surface area contributed by atoms with Gasteiger partial charge in [0.25, 0.3) is 5.17 Å². The number of nitriles is 1. The molecule has 3 aromatic rings. The Balaban J connectivity index is 1.14. The maximum atomic E-state index is 13.6. The lowest BCUT2D eigenvalue weighted by Crippen LogP contribution is -2.61. The second-order valence-corrected chi connectivity index (χ2v) is 14.0. The third-order valence-corrected chi connectivity index (χ3v) is 10.3. The van der Waals surface area contributed by atoms with Crippen LogP contribution in [0.4, 0.5) is 16.3 Å². The van der Waals surface area contributed by atoms with Gasteiger partial charge < -0.3 is 60.0 Å². The molecule has 5 rings (SSSR count). The van der Waals surface area contributed by atoms with E-state index in [1.807, 2.05) is 18.0 Å². The summed E-state index contributed by atoms with van der Waals surface area (Å²) in [5, 5.41) is 49.3. The molecule has 0 aliphatic carbocycles. The summed E-state index contributed by atoms with van der Waals surface area (Å²) in [5.41, 5.74) is 7.25. The van der Waals surface area contributed by atoms with Crippen molar-refractivity contribution in [2.45, 2.75) is 63.1 Å². The molecule has 0 bridgehead atoms. The lowest BCUT2D eigenvalue weighted by Gasteiger charge is -2.42. The van der Waals surface area contributed by atoms with Crippen LogP contribution in [0.3, 0.4) is 0 Å². The zero-order chi connectivity index (χ0) is 40.1. The van der Waals surface area contributed by atoms with Gasteiger partial charge in [-0.15, -0.1) is 0 Å². The summed E-state index contributed by atoms with van der Waals surface area (Å²) in [6.07, 6.45) is -5.19. The van der Waals surface area contributed by atoms with E-state index < -0.39 is 36.7 Å². The third-order valence-electron chi connectivity index (χ3n) is 9.90. The number of benzene rings is 1. The summed E-state index contributed by atoms with van der Waals surface area (Å²) in [4.78, 5) is 53.3. The highest BCUT2D eigenvalue weighted by atomic mass is 32.1. The Bertz CT molecular complexity index is 1940. The minimum atomic E-state index is -1.86. The number of nitrogen functional groups attached to an aromatic ring is 1. The summed E-state index contributed by atoms with van der Waals surface area (Å²) < 4.78 is 17.9. The van der Waals surface area contributed by atoms with Crippen molar-refractivity contribution in [1.82, 2.24) is 29.2 Å². The molecule has 0 saturated carbocycles. The second-order valence-electron chi connectivity index (χ2n) is 13.6. The fourth-order valence-corrected chi connectivity index (χ4v) is 6.64. The molecule has 2 aromatic heterocycles. The quantitative estimate of drug-likeness (QED) is 0.129. The standard InChI is InChI=1S/C35H45N9O10S/c1-19-8-11-43(25(45)7-10-36)16-23(19)42(4)30-21-9-12-44(31(21)39-18-38-30)34(51)40(2)13-14-41(3)35(55)52-17-20-5-6-24(22(37)15-20)53-33-28(48)26(46)27(47)29(54-33)32(49)50/h5-6,9,12,15,18-19,23,26-29,33,46-48H,7-8,11,13-14,16-17,37H2,1-4H3,(H,49,50)/t19-,23+,26+,27+,28-,29+,33-/m1/s1. The van der Waals surface area contributed by atoms with E-state index in [0.717, 1.165) is 6.42 Å². The van der Waals surface area contributed by atoms with Crippen LogP contribution in [-0.4, -0.2) is 157 Å². The molecule has 2 aliphatic rings. The van der Waals surface area contributed by atoms with E-state index >= 15 is 0 Å². The van der Waals surface area contributed by atoms with Crippen molar-refractivity contribution >= 4 is 57.8 Å². The highest BCUT2D eigenvalue weighted by Crippen LogP contribution is 2.31. The predicted octanol–water partition coefficient (Wildman–Crippen LogP) is 0.205. The fourth-order valence-electron chi connectivity index (χ4n) is 6.49. The molecule has 19 nitrogen and oxygen atoms in total. The van der Waals surface area contributed by atoms with Crippen molar-refractivity contribution < 1.29 is 49.0 Å². The summed E-state index contributed by atoms with van der Waals surface area (Å²) in [6, 6.07) is 7.92. The monoisotopic (exact) mass is 783 g/mol. The Kier molecular flexibility index (Phi) is 12.9. The van der Waals surface area contributed by atoms with Gasteiger partial charge >= 0.3 is 12.0 Å². The summed E-state index contributed by atoms with van der Waals surface area (Å²) in [5.74, 6) is -0.815. The number of aliphatic hydroxyl groups excluding tert-OH is 3. The molecule has 0 unspecified atom stereocenters. The number of fused-ring (bicyclic) bond motifs is 1. The number of aliphatic hydroxyl groups is 3. The maximum absolute atomic E-state index is 13.6. The zero-order valence-electron chi connectivity index (χ0n) is 30.8. The number of nitrogens with two attached hydrogens (primary N) is 1. The van der Waals surface area contributed by atoms with Crippen LogP contribution in [0.25, 0.3) is 11.0 Å². The predicted molar refractivity (Wildman–Crippen MR) is 200 cm³/mol. The molecule has 296 valence electrons. The minimum Gasteiger partial charge on any atom is -0.479 e. The Morgan fingerprint density at radius 2 is 1.82 bits per heavy atom. The number of piperidine rings is 1. The molecule has 0 spiro atoms. The molecule has 55 heavy (non-hydrogen) atoms. The molecule has 1 aromatic carbocycles. The number of carbonyl (C=O) groups excluding carboxylic acids is 2. The SMILES string of the molecule is C[C@@H]1CCN(C(=O)CC#N)C[C@@H]1N(C)c1ncnc2c1ccn2C(=O)N(C)CCN(C)C(=S)OCc1ccc(O[C@@H]2O[C@H](C(=O)O)[C@@H](O)[C@H](O)[C@H]2O)c(N)c1. The molecular formula is C35H45N9O10S. The van der Waals surface area contributed by atoms with Gasteiger partial charge in [0, 0.05) is 53.5 Å². The first-order valence-electron chi connectivity index (χ1n) is 17.4. The number of aliphatic carboxylic acids is 1. The topological polar surface area (TPSA) is 253 Å². The van der Waals surface area contributed by atoms with Crippen molar-refractivity contribution in [2.24, 2.45) is 5.92 Å². The zero-order valence-corrected chi connectivity index (χ0v) is 31.6. The van der Waals surface area contributed by atoms with Crippen LogP contribution >= 0.6 is 12.2 Å². The summed E-state index contributed by atoms with van der Waals surface area (Å²) >= 11 is 5.45. The third kappa shape index (κ3) is 8.98. The Morgan fingerprint density at radius 3 is 2.51 bits per heavy atom. The molecule has 4 heterocycles. The Morgan fingerprint density at radius 1 is 1.09 bits per heavy atom. The van der Waals surface area contributed by atoms with Crippen LogP contribution in [-0.2, 0) is 25.7 Å². The lowest BCUT2D eigenvalue weighted by molar-refractivity contribution is -0.271. The molecule has 2 saturated heterocycles. The van der Waals surface area contributed by atoms with E-state index in [-0.39, 0.29) is 60.1 Å². The number of nitrogens with zero attached hydrogens (tertiary/aromatic N) is 8. The van der Waals surface area contributed by atoms with Gasteiger partial charge in [-0.05, 0) is 48.3 Å². The number of hydrogen-bond donors (Lipinski definition) is 5. The first kappa shape index (κ1) is 40.8. The summed E-state index contributed by atoms with van der Waals surface area (Å²) in [7, 11) is 5.29. The molecular weight excluding hydrogens is 739 g/mol. The van der Waals surface area contributed by atoms with Gasteiger partial charge in [0.05, 0.1) is 23.2 Å². The number of anilines is 2. The average Bonchev–Trinajstić information content (AvgIpc) is 3.60. The number of ether oxygens (including phenoxy) is 3. The first-order valence-corrected chi connectivity index (χ1v) is 17.8. The molecule has 20 heteroatoms. The van der Waals surface area contributed by atoms with Gasteiger partial charge in [0.15, 0.2) is 11.8 Å². The van der Waals surface area contributed by atoms with Gasteiger partial charge in [-0.25, -0.2) is 19.6 Å². The van der Waals surface area contributed by atoms with Crippen molar-refractivity contribution in [2.75, 3.05) is 58.0 Å². The highest BCUT2D eigenvalue weighted by Gasteiger charge is 2.48. The van der Waals surface area contributed by atoms with E-state index in [0.29, 0.717) is 42.0 Å². The molecule has 6 N–H and O–H groups in total. The number of carboxylic acids is 1. The van der Waals surface area contributed by atoms with Crippen molar-refractivity contribution in [3.63, 3.8) is 0 Å². The summed E-state index contributed by atoms with van der Waals surface area (Å²) in [6.45, 7) is 3.82. The lowest BCUT2D eigenvalue weighted by atomic mass is 9.92. The van der Waals surface area contributed by atoms with Gasteiger partial charge in [-0.2, -0.15) is 5.26 Å². The number of hydrogen-bond acceptors (Lipinski definition) is 15. The maximum Gasteiger partial charge on any atom is 0.335 e. The average molecular weight is 784 g/mol. The van der Waals surface area contributed by atoms with Crippen molar-refractivity contribution in [1.29, 1.82) is 5.26 Å². The van der Waals surface area contributed by atoms with Crippen LogP contribution in [0.1, 0.15) is 25.3 Å². The Hall–Kier alpha value is -5.33. The van der Waals surface area contributed by atoms with Gasteiger partial charge in [0.2, 0.25) is 12.2 Å². The minimum absolute atomic E-state index is 0.0245. The van der Waals surface area contributed by atoms with E-state index in [2.05, 4.69) is 16.9 Å². The van der Waals surface area contributed by atoms with Crippen molar-refractivity contribution in [3.8, 4) is 11.8 Å². The fraction of sp³-hybridized carbons (Fsp3) is 0.514. The number of thiocarbonyl (C=S) groups is 1. The molecule has 2 fully saturated rings. The molecule has 0 radical (unpaired) electrons. The molecule has 2 amide bonds. The number of amides is 2. The van der Waals surface area contributed by atoms with E-state index in [1.54, 1.807) is 42.2 Å². The van der Waals surface area contributed by atoms with Crippen LogP contribution in [0, 0.1) is 17.2 Å². The number of carbonyl (C=O) groups is 3. The smallest absolute Gasteiger partial charge is 0.335 e. The highest BCUT2D eigenvalue weighted by molar-refractivity contribution is 7.80.